The highest BCUT2D eigenvalue weighted by Crippen LogP contribution is 2.18. The van der Waals surface area contributed by atoms with Gasteiger partial charge in [0.25, 0.3) is 10.1 Å². The minimum absolute atomic E-state index is 0. The maximum absolute atomic E-state index is 11.0. The summed E-state index contributed by atoms with van der Waals surface area (Å²) in [5.41, 5.74) is 0.671. The third kappa shape index (κ3) is 3.99. The lowest BCUT2D eigenvalue weighted by Crippen LogP contribution is -2.05. The van der Waals surface area contributed by atoms with Gasteiger partial charge in [0.05, 0.1) is 4.90 Å². The Morgan fingerprint density at radius 3 is 2.27 bits per heavy atom. The molecule has 0 spiro atoms. The predicted octanol–water partition coefficient (Wildman–Crippen LogP) is 2.29. The molecule has 1 aromatic carbocycles. The van der Waals surface area contributed by atoms with Gasteiger partial charge in [-0.1, -0.05) is 32.0 Å². The van der Waals surface area contributed by atoms with E-state index in [0.717, 1.165) is 0 Å². The maximum Gasteiger partial charge on any atom is 0.294 e. The summed E-state index contributed by atoms with van der Waals surface area (Å²) in [7, 11) is -4.08. The summed E-state index contributed by atoms with van der Waals surface area (Å²) in [6, 6.07) is 6.52. The fraction of sp³-hybridized carbons (Fsp3) is 0.400. The number of benzene rings is 1. The van der Waals surface area contributed by atoms with Gasteiger partial charge in [0.2, 0.25) is 0 Å². The average molecular weight is 231 g/mol. The molecule has 4 N–H and O–H groups in total. The van der Waals surface area contributed by atoms with Crippen molar-refractivity contribution in [3.05, 3.63) is 29.8 Å². The van der Waals surface area contributed by atoms with Crippen molar-refractivity contribution in [1.82, 2.24) is 6.15 Å². The normalized spacial score (nSPS) is 11.2. The Morgan fingerprint density at radius 1 is 1.27 bits per heavy atom. The van der Waals surface area contributed by atoms with Crippen molar-refractivity contribution < 1.29 is 13.0 Å². The molecule has 0 unspecified atom stereocenters. The van der Waals surface area contributed by atoms with Gasteiger partial charge in [-0.3, -0.25) is 4.55 Å². The number of rotatable bonds is 3. The molecule has 0 aliphatic carbocycles. The van der Waals surface area contributed by atoms with Gasteiger partial charge >= 0.3 is 0 Å². The summed E-state index contributed by atoms with van der Waals surface area (Å²) < 4.78 is 30.9. The highest BCUT2D eigenvalue weighted by molar-refractivity contribution is 7.85. The maximum atomic E-state index is 11.0. The number of hydrogen-bond donors (Lipinski definition) is 2. The van der Waals surface area contributed by atoms with E-state index in [0.29, 0.717) is 17.9 Å². The Labute approximate surface area is 90.7 Å². The van der Waals surface area contributed by atoms with Gasteiger partial charge in [-0.2, -0.15) is 8.42 Å². The summed E-state index contributed by atoms with van der Waals surface area (Å²) in [5, 5.41) is 0. The molecule has 0 fully saturated rings. The molecule has 86 valence electrons. The molecule has 0 radical (unpaired) electrons. The third-order valence-electron chi connectivity index (χ3n) is 1.88. The van der Waals surface area contributed by atoms with E-state index < -0.39 is 10.1 Å². The lowest BCUT2D eigenvalue weighted by Gasteiger charge is -2.08. The fourth-order valence-electron chi connectivity index (χ4n) is 1.36. The van der Waals surface area contributed by atoms with Gasteiger partial charge < -0.3 is 6.15 Å². The highest BCUT2D eigenvalue weighted by atomic mass is 32.2. The molecule has 0 aliphatic heterocycles. The van der Waals surface area contributed by atoms with Crippen LogP contribution in [0.5, 0.6) is 0 Å². The van der Waals surface area contributed by atoms with Crippen LogP contribution in [0.3, 0.4) is 0 Å². The van der Waals surface area contributed by atoms with Crippen LogP contribution < -0.4 is 6.15 Å². The Hall–Kier alpha value is -0.910. The zero-order chi connectivity index (χ0) is 10.8. The van der Waals surface area contributed by atoms with Crippen LogP contribution in [-0.2, 0) is 16.5 Å². The highest BCUT2D eigenvalue weighted by Gasteiger charge is 2.14. The third-order valence-corrected chi connectivity index (χ3v) is 2.83. The Kier molecular flexibility index (Phi) is 4.93. The molecule has 5 heteroatoms. The molecule has 0 aromatic heterocycles. The van der Waals surface area contributed by atoms with E-state index in [-0.39, 0.29) is 11.0 Å². The average Bonchev–Trinajstić information content (AvgIpc) is 2.01. The van der Waals surface area contributed by atoms with E-state index in [1.165, 1.54) is 6.07 Å². The molecular formula is C10H17NO3S. The summed E-state index contributed by atoms with van der Waals surface area (Å²) in [4.78, 5) is 0.0219. The van der Waals surface area contributed by atoms with Crippen LogP contribution in [0.2, 0.25) is 0 Å². The molecule has 4 nitrogen and oxygen atoms in total. The lowest BCUT2D eigenvalue weighted by atomic mass is 10.0. The molecule has 1 rings (SSSR count). The van der Waals surface area contributed by atoms with E-state index in [9.17, 15) is 8.42 Å². The Balaban J connectivity index is 0.00000196. The molecule has 0 aliphatic rings. The zero-order valence-electron chi connectivity index (χ0n) is 8.97. The van der Waals surface area contributed by atoms with Crippen LogP contribution in [0.15, 0.2) is 29.2 Å². The summed E-state index contributed by atoms with van der Waals surface area (Å²) >= 11 is 0. The minimum Gasteiger partial charge on any atom is -0.344 e. The molecule has 0 saturated heterocycles. The SMILES string of the molecule is CC(C)Cc1ccccc1S(=O)(=O)O.N. The van der Waals surface area contributed by atoms with Crippen molar-refractivity contribution in [2.45, 2.75) is 25.2 Å². The van der Waals surface area contributed by atoms with Crippen LogP contribution in [0.4, 0.5) is 0 Å². The van der Waals surface area contributed by atoms with Gasteiger partial charge in [-0.15, -0.1) is 0 Å². The molecule has 0 bridgehead atoms. The molecule has 0 heterocycles. The quantitative estimate of drug-likeness (QED) is 0.781. The molecule has 0 atom stereocenters. The molecule has 1 aromatic rings. The van der Waals surface area contributed by atoms with E-state index >= 15 is 0 Å². The molecule has 0 amide bonds. The number of hydrogen-bond acceptors (Lipinski definition) is 3. The van der Waals surface area contributed by atoms with E-state index in [1.54, 1.807) is 18.2 Å². The fourth-order valence-corrected chi connectivity index (χ4v) is 2.10. The Bertz CT molecular complexity index is 412. The summed E-state index contributed by atoms with van der Waals surface area (Å²) in [6.07, 6.45) is 0.649. The van der Waals surface area contributed by atoms with Gasteiger partial charge in [0, 0.05) is 0 Å². The topological polar surface area (TPSA) is 89.4 Å². The molecule has 15 heavy (non-hydrogen) atoms. The second-order valence-corrected chi connectivity index (χ2v) is 5.07. The minimum atomic E-state index is -4.08. The monoisotopic (exact) mass is 231 g/mol. The van der Waals surface area contributed by atoms with E-state index in [4.69, 9.17) is 4.55 Å². The summed E-state index contributed by atoms with van der Waals surface area (Å²) in [5.74, 6) is 0.359. The van der Waals surface area contributed by atoms with Crippen LogP contribution in [0.25, 0.3) is 0 Å². The van der Waals surface area contributed by atoms with Gasteiger partial charge in [-0.25, -0.2) is 0 Å². The first-order valence-corrected chi connectivity index (χ1v) is 5.90. The van der Waals surface area contributed by atoms with Crippen molar-refractivity contribution in [2.75, 3.05) is 0 Å². The molecular weight excluding hydrogens is 214 g/mol. The first kappa shape index (κ1) is 14.1. The van der Waals surface area contributed by atoms with Crippen molar-refractivity contribution in [2.24, 2.45) is 5.92 Å². The standard InChI is InChI=1S/C10H14O3S.H3N/c1-8(2)7-9-5-3-4-6-10(9)14(11,12)13;/h3-6,8H,7H2,1-2H3,(H,11,12,13);1H3. The van der Waals surface area contributed by atoms with Crippen molar-refractivity contribution in [3.63, 3.8) is 0 Å². The van der Waals surface area contributed by atoms with Crippen LogP contribution in [0, 0.1) is 5.92 Å². The predicted molar refractivity (Wildman–Crippen MR) is 59.8 cm³/mol. The zero-order valence-corrected chi connectivity index (χ0v) is 9.79. The van der Waals surface area contributed by atoms with Crippen LogP contribution in [-0.4, -0.2) is 13.0 Å². The first-order valence-electron chi connectivity index (χ1n) is 4.46. The van der Waals surface area contributed by atoms with Gasteiger partial charge in [-0.05, 0) is 24.0 Å². The second-order valence-electron chi connectivity index (χ2n) is 3.68. The smallest absolute Gasteiger partial charge is 0.294 e. The largest absolute Gasteiger partial charge is 0.344 e. The van der Waals surface area contributed by atoms with Crippen molar-refractivity contribution in [3.8, 4) is 0 Å². The van der Waals surface area contributed by atoms with Crippen LogP contribution >= 0.6 is 0 Å². The lowest BCUT2D eigenvalue weighted by molar-refractivity contribution is 0.481. The van der Waals surface area contributed by atoms with Crippen LogP contribution in [0.1, 0.15) is 19.4 Å². The van der Waals surface area contributed by atoms with Gasteiger partial charge in [0.15, 0.2) is 0 Å². The Morgan fingerprint density at radius 2 is 1.80 bits per heavy atom. The van der Waals surface area contributed by atoms with E-state index in [2.05, 4.69) is 0 Å². The second kappa shape index (κ2) is 5.25. The summed E-state index contributed by atoms with van der Waals surface area (Å²) in [6.45, 7) is 4.00. The van der Waals surface area contributed by atoms with E-state index in [1.807, 2.05) is 13.8 Å². The van der Waals surface area contributed by atoms with Gasteiger partial charge in [0.1, 0.15) is 0 Å². The van der Waals surface area contributed by atoms with Crippen molar-refractivity contribution >= 4 is 10.1 Å². The molecule has 0 saturated carbocycles. The van der Waals surface area contributed by atoms with Crippen molar-refractivity contribution in [1.29, 1.82) is 0 Å². The first-order chi connectivity index (χ1) is 6.41.